The first kappa shape index (κ1) is 26.1. The molecule has 0 bridgehead atoms. The minimum absolute atomic E-state index is 0.1000. The number of fused-ring (bicyclic) bond motifs is 1. The van der Waals surface area contributed by atoms with E-state index in [1.807, 2.05) is 67.9 Å². The second-order valence-electron chi connectivity index (χ2n) is 11.9. The van der Waals surface area contributed by atoms with Crippen LogP contribution in [0, 0.1) is 5.41 Å². The number of likely N-dealkylation sites (tertiary alicyclic amines) is 1. The number of benzene rings is 1. The maximum absolute atomic E-state index is 13.9. The summed E-state index contributed by atoms with van der Waals surface area (Å²) in [6.07, 6.45) is 6.90. The molecule has 0 unspecified atom stereocenters. The maximum atomic E-state index is 13.9. The van der Waals surface area contributed by atoms with Crippen LogP contribution in [0.1, 0.15) is 63.3 Å². The van der Waals surface area contributed by atoms with Crippen molar-refractivity contribution >= 4 is 22.8 Å². The number of rotatable bonds is 7. The first-order chi connectivity index (χ1) is 19.2. The molecule has 208 valence electrons. The Labute approximate surface area is 232 Å². The molecule has 4 heterocycles. The van der Waals surface area contributed by atoms with Crippen LogP contribution in [0.3, 0.4) is 0 Å². The van der Waals surface area contributed by atoms with Gasteiger partial charge in [0.1, 0.15) is 24.2 Å². The number of hydrogen-bond donors (Lipinski definition) is 2. The lowest BCUT2D eigenvalue weighted by Crippen LogP contribution is -2.50. The summed E-state index contributed by atoms with van der Waals surface area (Å²) in [5.74, 6) is 0.597. The monoisotopic (exact) mass is 542 g/mol. The van der Waals surface area contributed by atoms with Crippen LogP contribution in [-0.4, -0.2) is 70.0 Å². The van der Waals surface area contributed by atoms with Crippen molar-refractivity contribution in [1.82, 2.24) is 39.7 Å². The number of aromatic nitrogens is 6. The maximum Gasteiger partial charge on any atom is 0.248 e. The number of β-amino-alcohol motifs (C(OH)–C–C–N with tert-alkyl or cyclic N) is 1. The number of amides is 2. The van der Waals surface area contributed by atoms with Crippen LogP contribution in [0.25, 0.3) is 16.9 Å². The number of aliphatic hydroxyl groups excluding tert-OH is 1. The third kappa shape index (κ3) is 5.08. The Morgan fingerprint density at radius 3 is 2.65 bits per heavy atom. The highest BCUT2D eigenvalue weighted by atomic mass is 16.3. The molecule has 1 aliphatic heterocycles. The van der Waals surface area contributed by atoms with E-state index in [0.717, 1.165) is 41.0 Å². The molecule has 1 saturated heterocycles. The van der Waals surface area contributed by atoms with E-state index >= 15 is 0 Å². The van der Waals surface area contributed by atoms with E-state index in [9.17, 15) is 14.7 Å². The van der Waals surface area contributed by atoms with Crippen molar-refractivity contribution in [3.8, 4) is 5.82 Å². The van der Waals surface area contributed by atoms with Gasteiger partial charge in [-0.3, -0.25) is 14.2 Å². The van der Waals surface area contributed by atoms with Crippen LogP contribution in [0.4, 0.5) is 0 Å². The summed E-state index contributed by atoms with van der Waals surface area (Å²) in [4.78, 5) is 37.7. The van der Waals surface area contributed by atoms with Crippen LogP contribution in [0.2, 0.25) is 0 Å². The van der Waals surface area contributed by atoms with Gasteiger partial charge in [-0.25, -0.2) is 14.6 Å². The molecule has 11 heteroatoms. The lowest BCUT2D eigenvalue weighted by Gasteiger charge is -2.34. The first-order valence-corrected chi connectivity index (χ1v) is 13.7. The summed E-state index contributed by atoms with van der Waals surface area (Å²) in [5.41, 5.74) is 3.09. The van der Waals surface area contributed by atoms with Crippen LogP contribution < -0.4 is 5.32 Å². The number of carbonyl (C=O) groups excluding carboxylic acids is 2. The third-order valence-electron chi connectivity index (χ3n) is 7.68. The van der Waals surface area contributed by atoms with E-state index < -0.39 is 23.6 Å². The van der Waals surface area contributed by atoms with Gasteiger partial charge < -0.3 is 15.3 Å². The summed E-state index contributed by atoms with van der Waals surface area (Å²) < 4.78 is 3.54. The standard InChI is InChI=1S/C29H34N8O3/c1-29(2,3)26(37-16-22(33-34-37)19-9-10-19)28(40)35-15-20(38)12-24(35)27(39)31-14-18-8-11-25(30-13-18)36-17-32-21-6-4-5-7-23(21)36/h4-8,11,13,16-17,19-20,24,26,38H,9-10,12,14-15H2,1-3H3,(H,31,39)/t20-,24+,26-/m1/s1. The van der Waals surface area contributed by atoms with Crippen molar-refractivity contribution in [3.05, 3.63) is 66.4 Å². The Morgan fingerprint density at radius 2 is 1.93 bits per heavy atom. The highest BCUT2D eigenvalue weighted by Crippen LogP contribution is 2.40. The number of pyridine rings is 1. The fraction of sp³-hybridized carbons (Fsp3) is 0.448. The normalized spacial score (nSPS) is 20.1. The Bertz CT molecular complexity index is 1530. The van der Waals surface area contributed by atoms with Crippen LogP contribution >= 0.6 is 0 Å². The molecule has 1 saturated carbocycles. The Morgan fingerprint density at radius 1 is 1.12 bits per heavy atom. The summed E-state index contributed by atoms with van der Waals surface area (Å²) >= 11 is 0. The fourth-order valence-corrected chi connectivity index (χ4v) is 5.44. The number of carbonyl (C=O) groups is 2. The minimum atomic E-state index is -0.775. The number of nitrogens with one attached hydrogen (secondary N) is 1. The van der Waals surface area contributed by atoms with Gasteiger partial charge in [-0.1, -0.05) is 44.2 Å². The van der Waals surface area contributed by atoms with Crippen molar-refractivity contribution in [2.24, 2.45) is 5.41 Å². The van der Waals surface area contributed by atoms with E-state index in [4.69, 9.17) is 0 Å². The van der Waals surface area contributed by atoms with Crippen LogP contribution in [0.5, 0.6) is 0 Å². The van der Waals surface area contributed by atoms with Crippen molar-refractivity contribution in [2.75, 3.05) is 6.54 Å². The predicted octanol–water partition coefficient (Wildman–Crippen LogP) is 2.75. The topological polar surface area (TPSA) is 131 Å². The van der Waals surface area contributed by atoms with Crippen molar-refractivity contribution in [1.29, 1.82) is 0 Å². The number of hydrogen-bond acceptors (Lipinski definition) is 7. The van der Waals surface area contributed by atoms with Crippen LogP contribution in [0.15, 0.2) is 55.1 Å². The number of para-hydroxylation sites is 2. The van der Waals surface area contributed by atoms with E-state index in [0.29, 0.717) is 5.92 Å². The Balaban J connectivity index is 1.14. The molecule has 2 amide bonds. The molecule has 0 radical (unpaired) electrons. The van der Waals surface area contributed by atoms with Gasteiger partial charge in [0.15, 0.2) is 0 Å². The third-order valence-corrected chi connectivity index (χ3v) is 7.68. The Hall–Kier alpha value is -4.12. The van der Waals surface area contributed by atoms with Crippen molar-refractivity contribution in [2.45, 2.75) is 70.7 Å². The molecule has 2 aliphatic rings. The summed E-state index contributed by atoms with van der Waals surface area (Å²) in [5, 5.41) is 22.0. The number of nitrogens with zero attached hydrogens (tertiary/aromatic N) is 7. The lowest BCUT2D eigenvalue weighted by molar-refractivity contribution is -0.144. The molecule has 1 aliphatic carbocycles. The fourth-order valence-electron chi connectivity index (χ4n) is 5.44. The average molecular weight is 543 g/mol. The molecule has 2 fully saturated rings. The zero-order chi connectivity index (χ0) is 28.0. The van der Waals surface area contributed by atoms with Crippen molar-refractivity contribution in [3.63, 3.8) is 0 Å². The van der Waals surface area contributed by atoms with Gasteiger partial charge in [0.2, 0.25) is 11.8 Å². The molecule has 11 nitrogen and oxygen atoms in total. The number of imidazole rings is 1. The Kier molecular flexibility index (Phi) is 6.61. The summed E-state index contributed by atoms with van der Waals surface area (Å²) in [6, 6.07) is 10.2. The first-order valence-electron chi connectivity index (χ1n) is 13.7. The van der Waals surface area contributed by atoms with Crippen molar-refractivity contribution < 1.29 is 14.7 Å². The van der Waals surface area contributed by atoms with E-state index in [-0.39, 0.29) is 31.3 Å². The quantitative estimate of drug-likeness (QED) is 0.367. The van der Waals surface area contributed by atoms with Gasteiger partial charge in [0, 0.05) is 37.8 Å². The zero-order valence-corrected chi connectivity index (χ0v) is 22.9. The van der Waals surface area contributed by atoms with Crippen LogP contribution in [-0.2, 0) is 16.1 Å². The van der Waals surface area contributed by atoms with Gasteiger partial charge in [0.05, 0.1) is 22.8 Å². The minimum Gasteiger partial charge on any atom is -0.391 e. The summed E-state index contributed by atoms with van der Waals surface area (Å²) in [6.45, 7) is 6.27. The smallest absolute Gasteiger partial charge is 0.248 e. The van der Waals surface area contributed by atoms with E-state index in [1.54, 1.807) is 17.2 Å². The molecule has 4 aromatic rings. The molecule has 40 heavy (non-hydrogen) atoms. The molecular weight excluding hydrogens is 508 g/mol. The molecule has 6 rings (SSSR count). The molecule has 2 N–H and O–H groups in total. The molecule has 0 spiro atoms. The lowest BCUT2D eigenvalue weighted by atomic mass is 9.85. The van der Waals surface area contributed by atoms with Gasteiger partial charge >= 0.3 is 0 Å². The highest BCUT2D eigenvalue weighted by molar-refractivity contribution is 5.90. The number of aliphatic hydroxyl groups is 1. The molecule has 1 aromatic carbocycles. The second-order valence-corrected chi connectivity index (χ2v) is 11.9. The summed E-state index contributed by atoms with van der Waals surface area (Å²) in [7, 11) is 0. The molecular formula is C29H34N8O3. The SMILES string of the molecule is CC(C)(C)[C@@H](C(=O)N1C[C@H](O)C[C@H]1C(=O)NCc1ccc(-n2cnc3ccccc32)nc1)n1cc(C2CC2)nn1. The average Bonchev–Trinajstić information content (AvgIpc) is 3.31. The molecule has 3 atom stereocenters. The molecule has 3 aromatic heterocycles. The largest absolute Gasteiger partial charge is 0.391 e. The van der Waals surface area contributed by atoms with Gasteiger partial charge in [-0.05, 0) is 42.0 Å². The second kappa shape index (κ2) is 10.1. The van der Waals surface area contributed by atoms with Gasteiger partial charge in [-0.2, -0.15) is 0 Å². The predicted molar refractivity (Wildman–Crippen MR) is 147 cm³/mol. The zero-order valence-electron chi connectivity index (χ0n) is 22.9. The van der Waals surface area contributed by atoms with E-state index in [1.165, 1.54) is 4.90 Å². The highest BCUT2D eigenvalue weighted by Gasteiger charge is 2.45. The van der Waals surface area contributed by atoms with E-state index in [2.05, 4.69) is 25.6 Å². The van der Waals surface area contributed by atoms with Gasteiger partial charge in [-0.15, -0.1) is 5.10 Å². The van der Waals surface area contributed by atoms with Gasteiger partial charge in [0.25, 0.3) is 0 Å².